The van der Waals surface area contributed by atoms with Crippen LogP contribution in [0.4, 0.5) is 0 Å². The Labute approximate surface area is 212 Å². The first kappa shape index (κ1) is 24.4. The molecule has 3 atom stereocenters. The van der Waals surface area contributed by atoms with Crippen molar-refractivity contribution in [3.05, 3.63) is 95.1 Å². The van der Waals surface area contributed by atoms with E-state index < -0.39 is 6.29 Å². The lowest BCUT2D eigenvalue weighted by molar-refractivity contribution is -0.245. The molecule has 1 aliphatic heterocycles. The highest BCUT2D eigenvalue weighted by atomic mass is 32.2. The number of rotatable bonds is 8. The van der Waals surface area contributed by atoms with Gasteiger partial charge in [0.2, 0.25) is 5.16 Å². The van der Waals surface area contributed by atoms with Gasteiger partial charge in [0.15, 0.2) is 6.29 Å². The number of aliphatic hydroxyl groups excluding tert-OH is 1. The maximum atomic E-state index is 9.58. The number of aromatic nitrogens is 4. The Morgan fingerprint density at radius 3 is 2.31 bits per heavy atom. The summed E-state index contributed by atoms with van der Waals surface area (Å²) in [4.78, 5) is 0. The van der Waals surface area contributed by atoms with Gasteiger partial charge in [-0.15, -0.1) is 5.10 Å². The predicted octanol–water partition coefficient (Wildman–Crippen LogP) is 3.66. The molecule has 0 spiro atoms. The standard InChI is InChI=1S/C26H27N5O4S/c27-14-17-1-7-20(8-2-17)25-34-23(13-24(35-25)19-5-3-18(15-32)4-6-19)16-36-26-28-29-30-31(26)21-9-11-22(33)12-10-21/h1-12,23-25,32-33H,13-16,27H2. The lowest BCUT2D eigenvalue weighted by Crippen LogP contribution is -2.31. The van der Waals surface area contributed by atoms with E-state index in [9.17, 15) is 10.2 Å². The molecule has 3 unspecified atom stereocenters. The summed E-state index contributed by atoms with van der Waals surface area (Å²) < 4.78 is 14.4. The summed E-state index contributed by atoms with van der Waals surface area (Å²) in [6.07, 6.45) is -0.185. The summed E-state index contributed by atoms with van der Waals surface area (Å²) in [5.74, 6) is 0.796. The molecule has 36 heavy (non-hydrogen) atoms. The van der Waals surface area contributed by atoms with E-state index in [1.165, 1.54) is 11.8 Å². The molecule has 1 fully saturated rings. The fourth-order valence-corrected chi connectivity index (χ4v) is 4.93. The number of nitrogens with zero attached hydrogens (tertiary/aromatic N) is 4. The Kier molecular flexibility index (Phi) is 7.59. The van der Waals surface area contributed by atoms with Crippen LogP contribution in [-0.4, -0.2) is 42.3 Å². The molecule has 186 valence electrons. The largest absolute Gasteiger partial charge is 0.508 e. The van der Waals surface area contributed by atoms with Crippen LogP contribution in [0, 0.1) is 0 Å². The Morgan fingerprint density at radius 1 is 0.917 bits per heavy atom. The Bertz CT molecular complexity index is 1210. The molecular weight excluding hydrogens is 478 g/mol. The lowest BCUT2D eigenvalue weighted by Gasteiger charge is -2.36. The fourth-order valence-electron chi connectivity index (χ4n) is 4.03. The minimum absolute atomic E-state index is 0.0000455. The molecule has 1 aliphatic rings. The Balaban J connectivity index is 1.35. The predicted molar refractivity (Wildman–Crippen MR) is 134 cm³/mol. The average Bonchev–Trinajstić information content (AvgIpc) is 3.41. The highest BCUT2D eigenvalue weighted by molar-refractivity contribution is 7.99. The zero-order valence-electron chi connectivity index (χ0n) is 19.5. The van der Waals surface area contributed by atoms with Crippen molar-refractivity contribution in [2.75, 3.05) is 5.75 Å². The van der Waals surface area contributed by atoms with Gasteiger partial charge in [-0.1, -0.05) is 60.3 Å². The van der Waals surface area contributed by atoms with Crippen molar-refractivity contribution in [2.24, 2.45) is 5.73 Å². The summed E-state index contributed by atoms with van der Waals surface area (Å²) in [6.45, 7) is 0.474. The Morgan fingerprint density at radius 2 is 1.61 bits per heavy atom. The summed E-state index contributed by atoms with van der Waals surface area (Å²) in [6, 6.07) is 22.5. The normalized spacial score (nSPS) is 19.9. The second kappa shape index (κ2) is 11.2. The van der Waals surface area contributed by atoms with Crippen LogP contribution < -0.4 is 5.73 Å². The van der Waals surface area contributed by atoms with Crippen molar-refractivity contribution in [3.8, 4) is 11.4 Å². The zero-order chi connectivity index (χ0) is 24.9. The van der Waals surface area contributed by atoms with E-state index in [-0.39, 0.29) is 24.6 Å². The van der Waals surface area contributed by atoms with Crippen LogP contribution >= 0.6 is 11.8 Å². The number of hydrogen-bond acceptors (Lipinski definition) is 9. The van der Waals surface area contributed by atoms with Gasteiger partial charge in [-0.2, -0.15) is 4.68 Å². The Hall–Kier alpha value is -3.28. The number of benzene rings is 3. The van der Waals surface area contributed by atoms with Gasteiger partial charge in [0, 0.05) is 24.3 Å². The number of tetrazole rings is 1. The lowest BCUT2D eigenvalue weighted by atomic mass is 10.0. The van der Waals surface area contributed by atoms with E-state index in [2.05, 4.69) is 15.5 Å². The third kappa shape index (κ3) is 5.58. The van der Waals surface area contributed by atoms with Gasteiger partial charge in [-0.25, -0.2) is 0 Å². The molecule has 4 aromatic rings. The molecule has 9 nitrogen and oxygen atoms in total. The van der Waals surface area contributed by atoms with Crippen LogP contribution in [0.25, 0.3) is 5.69 Å². The molecule has 3 aromatic carbocycles. The summed E-state index contributed by atoms with van der Waals surface area (Å²) in [5, 5.41) is 31.7. The van der Waals surface area contributed by atoms with E-state index in [0.717, 1.165) is 27.9 Å². The molecule has 0 amide bonds. The molecule has 0 radical (unpaired) electrons. The molecule has 1 saturated heterocycles. The first-order valence-corrected chi connectivity index (χ1v) is 12.6. The summed E-state index contributed by atoms with van der Waals surface area (Å²) in [5.41, 5.74) is 10.4. The molecule has 2 heterocycles. The molecule has 0 bridgehead atoms. The first-order valence-electron chi connectivity index (χ1n) is 11.6. The van der Waals surface area contributed by atoms with E-state index in [1.54, 1.807) is 28.9 Å². The van der Waals surface area contributed by atoms with Crippen LogP contribution in [0.2, 0.25) is 0 Å². The van der Waals surface area contributed by atoms with Crippen molar-refractivity contribution in [1.82, 2.24) is 20.2 Å². The minimum Gasteiger partial charge on any atom is -0.508 e. The van der Waals surface area contributed by atoms with Crippen LogP contribution in [0.15, 0.2) is 78.0 Å². The van der Waals surface area contributed by atoms with Gasteiger partial charge in [-0.3, -0.25) is 0 Å². The van der Waals surface area contributed by atoms with Crippen LogP contribution in [0.1, 0.15) is 41.1 Å². The number of phenolic OH excluding ortho intramolecular Hbond substituents is 1. The molecule has 1 aromatic heterocycles. The number of aliphatic hydroxyl groups is 1. The van der Waals surface area contributed by atoms with Crippen molar-refractivity contribution in [1.29, 1.82) is 0 Å². The first-order chi connectivity index (χ1) is 17.6. The third-order valence-electron chi connectivity index (χ3n) is 6.04. The zero-order valence-corrected chi connectivity index (χ0v) is 20.3. The van der Waals surface area contributed by atoms with Gasteiger partial charge in [0.1, 0.15) is 5.75 Å². The van der Waals surface area contributed by atoms with Crippen molar-refractivity contribution >= 4 is 11.8 Å². The number of ether oxygens (including phenoxy) is 2. The van der Waals surface area contributed by atoms with Crippen LogP contribution in [0.5, 0.6) is 5.75 Å². The van der Waals surface area contributed by atoms with Crippen molar-refractivity contribution in [2.45, 2.75) is 43.2 Å². The molecule has 10 heteroatoms. The highest BCUT2D eigenvalue weighted by Crippen LogP contribution is 2.39. The second-order valence-electron chi connectivity index (χ2n) is 8.50. The van der Waals surface area contributed by atoms with Gasteiger partial charge in [0.05, 0.1) is 24.5 Å². The van der Waals surface area contributed by atoms with E-state index in [0.29, 0.717) is 23.9 Å². The quantitative estimate of drug-likeness (QED) is 0.307. The maximum Gasteiger partial charge on any atom is 0.214 e. The van der Waals surface area contributed by atoms with Crippen LogP contribution in [-0.2, 0) is 22.6 Å². The topological polar surface area (TPSA) is 129 Å². The number of nitrogens with two attached hydrogens (primary N) is 1. The third-order valence-corrected chi connectivity index (χ3v) is 7.09. The van der Waals surface area contributed by atoms with E-state index in [1.807, 2.05) is 48.5 Å². The number of hydrogen-bond donors (Lipinski definition) is 3. The minimum atomic E-state index is -0.535. The SMILES string of the molecule is NCc1ccc(C2OC(CSc3nnnn3-c3ccc(O)cc3)CC(c3ccc(CO)cc3)O2)cc1. The number of phenols is 1. The van der Waals surface area contributed by atoms with Gasteiger partial charge in [0.25, 0.3) is 0 Å². The number of thioether (sulfide) groups is 1. The molecule has 4 N–H and O–H groups in total. The van der Waals surface area contributed by atoms with Crippen molar-refractivity contribution in [3.63, 3.8) is 0 Å². The molecular formula is C26H27N5O4S. The van der Waals surface area contributed by atoms with Crippen molar-refractivity contribution < 1.29 is 19.7 Å². The van der Waals surface area contributed by atoms with E-state index in [4.69, 9.17) is 15.2 Å². The smallest absolute Gasteiger partial charge is 0.214 e. The molecule has 0 saturated carbocycles. The molecule has 5 rings (SSSR count). The highest BCUT2D eigenvalue weighted by Gasteiger charge is 2.32. The summed E-state index contributed by atoms with van der Waals surface area (Å²) >= 11 is 1.50. The van der Waals surface area contributed by atoms with Gasteiger partial charge < -0.3 is 25.4 Å². The monoisotopic (exact) mass is 505 g/mol. The second-order valence-corrected chi connectivity index (χ2v) is 9.48. The molecule has 0 aliphatic carbocycles. The average molecular weight is 506 g/mol. The van der Waals surface area contributed by atoms with Crippen LogP contribution in [0.3, 0.4) is 0 Å². The fraction of sp³-hybridized carbons (Fsp3) is 0.269. The summed E-state index contributed by atoms with van der Waals surface area (Å²) in [7, 11) is 0. The van der Waals surface area contributed by atoms with Gasteiger partial charge in [-0.05, 0) is 51.4 Å². The van der Waals surface area contributed by atoms with Gasteiger partial charge >= 0.3 is 0 Å². The maximum absolute atomic E-state index is 9.58. The van der Waals surface area contributed by atoms with E-state index >= 15 is 0 Å². The number of aromatic hydroxyl groups is 1.